The highest BCUT2D eigenvalue weighted by Crippen LogP contribution is 2.37. The van der Waals surface area contributed by atoms with Crippen molar-refractivity contribution in [1.29, 1.82) is 0 Å². The van der Waals surface area contributed by atoms with Gasteiger partial charge in [0.2, 0.25) is 10.0 Å². The van der Waals surface area contributed by atoms with Gasteiger partial charge in [-0.3, -0.25) is 9.59 Å². The van der Waals surface area contributed by atoms with Gasteiger partial charge in [-0.15, -0.1) is 0 Å². The van der Waals surface area contributed by atoms with Gasteiger partial charge in [0.25, 0.3) is 11.8 Å². The molecular weight excluding hydrogens is 340 g/mol. The summed E-state index contributed by atoms with van der Waals surface area (Å²) >= 11 is 0. The normalized spacial score (nSPS) is 15.3. The molecule has 0 aliphatic carbocycles. The van der Waals surface area contributed by atoms with Crippen LogP contribution in [0, 0.1) is 0 Å². The SMILES string of the molecule is CS(=O)(=O)NC(=O)/C=C1/C(=O)N(Cc2ccccc2)c2ccccc21. The number of hydrogen-bond acceptors (Lipinski definition) is 4. The molecule has 128 valence electrons. The lowest BCUT2D eigenvalue weighted by Crippen LogP contribution is -2.29. The molecule has 0 atom stereocenters. The maximum Gasteiger partial charge on any atom is 0.259 e. The van der Waals surface area contributed by atoms with Gasteiger partial charge < -0.3 is 4.90 Å². The first-order valence-electron chi connectivity index (χ1n) is 7.54. The van der Waals surface area contributed by atoms with E-state index in [1.54, 1.807) is 23.1 Å². The van der Waals surface area contributed by atoms with E-state index < -0.39 is 15.9 Å². The van der Waals surface area contributed by atoms with Crippen LogP contribution in [0.2, 0.25) is 0 Å². The van der Waals surface area contributed by atoms with E-state index in [1.807, 2.05) is 41.1 Å². The maximum atomic E-state index is 12.8. The minimum absolute atomic E-state index is 0.174. The van der Waals surface area contributed by atoms with Crippen LogP contribution >= 0.6 is 0 Å². The van der Waals surface area contributed by atoms with Gasteiger partial charge in [-0.05, 0) is 11.6 Å². The van der Waals surface area contributed by atoms with Crippen LogP contribution in [0.5, 0.6) is 0 Å². The highest BCUT2D eigenvalue weighted by Gasteiger charge is 2.32. The van der Waals surface area contributed by atoms with E-state index in [0.717, 1.165) is 17.9 Å². The van der Waals surface area contributed by atoms with Crippen LogP contribution in [0.4, 0.5) is 5.69 Å². The topological polar surface area (TPSA) is 83.5 Å². The average molecular weight is 356 g/mol. The van der Waals surface area contributed by atoms with Gasteiger partial charge >= 0.3 is 0 Å². The first kappa shape index (κ1) is 16.9. The van der Waals surface area contributed by atoms with E-state index in [-0.39, 0.29) is 11.5 Å². The Morgan fingerprint density at radius 3 is 2.40 bits per heavy atom. The number of nitrogens with zero attached hydrogens (tertiary/aromatic N) is 1. The van der Waals surface area contributed by atoms with E-state index >= 15 is 0 Å². The molecule has 1 N–H and O–H groups in total. The van der Waals surface area contributed by atoms with Crippen molar-refractivity contribution in [2.24, 2.45) is 0 Å². The van der Waals surface area contributed by atoms with Crippen LogP contribution in [-0.4, -0.2) is 26.5 Å². The highest BCUT2D eigenvalue weighted by atomic mass is 32.2. The van der Waals surface area contributed by atoms with Crippen molar-refractivity contribution >= 4 is 33.1 Å². The standard InChI is InChI=1S/C18H16N2O4S/c1-25(23,24)19-17(21)11-15-14-9-5-6-10-16(14)20(18(15)22)12-13-7-3-2-4-8-13/h2-11H,12H2,1H3,(H,19,21)/b15-11+. The fourth-order valence-electron chi connectivity index (χ4n) is 2.71. The first-order valence-corrected chi connectivity index (χ1v) is 9.43. The lowest BCUT2D eigenvalue weighted by atomic mass is 10.1. The van der Waals surface area contributed by atoms with Crippen LogP contribution in [0.15, 0.2) is 60.7 Å². The number of para-hydroxylation sites is 1. The molecule has 1 heterocycles. The van der Waals surface area contributed by atoms with Crippen LogP contribution in [0.25, 0.3) is 5.57 Å². The molecule has 2 aromatic carbocycles. The molecule has 0 fully saturated rings. The Hall–Kier alpha value is -2.93. The lowest BCUT2D eigenvalue weighted by molar-refractivity contribution is -0.116. The van der Waals surface area contributed by atoms with Gasteiger partial charge in [-0.25, -0.2) is 13.1 Å². The summed E-state index contributed by atoms with van der Waals surface area (Å²) in [6.45, 7) is 0.363. The van der Waals surface area contributed by atoms with Crippen LogP contribution in [0.1, 0.15) is 11.1 Å². The molecule has 2 aromatic rings. The van der Waals surface area contributed by atoms with E-state index in [9.17, 15) is 18.0 Å². The summed E-state index contributed by atoms with van der Waals surface area (Å²) in [6, 6.07) is 16.6. The third kappa shape index (κ3) is 3.77. The third-order valence-corrected chi connectivity index (χ3v) is 4.28. The molecule has 0 saturated carbocycles. The molecule has 0 radical (unpaired) electrons. The fourth-order valence-corrected chi connectivity index (χ4v) is 3.14. The number of fused-ring (bicyclic) bond motifs is 1. The lowest BCUT2D eigenvalue weighted by Gasteiger charge is -2.17. The number of anilines is 1. The van der Waals surface area contributed by atoms with Crippen LogP contribution in [0.3, 0.4) is 0 Å². The first-order chi connectivity index (χ1) is 11.8. The summed E-state index contributed by atoms with van der Waals surface area (Å²) in [5.74, 6) is -1.18. The van der Waals surface area contributed by atoms with Crippen molar-refractivity contribution < 1.29 is 18.0 Å². The Morgan fingerprint density at radius 2 is 1.72 bits per heavy atom. The largest absolute Gasteiger partial charge is 0.303 e. The molecule has 0 saturated heterocycles. The van der Waals surface area contributed by atoms with Gasteiger partial charge in [0, 0.05) is 11.6 Å². The van der Waals surface area contributed by atoms with Crippen molar-refractivity contribution in [3.05, 3.63) is 71.8 Å². The van der Waals surface area contributed by atoms with E-state index in [4.69, 9.17) is 0 Å². The summed E-state index contributed by atoms with van der Waals surface area (Å²) in [6.07, 6.45) is 1.92. The number of rotatable bonds is 4. The van der Waals surface area contributed by atoms with Gasteiger partial charge in [0.15, 0.2) is 0 Å². The smallest absolute Gasteiger partial charge is 0.259 e. The maximum absolute atomic E-state index is 12.8. The summed E-state index contributed by atoms with van der Waals surface area (Å²) in [7, 11) is -3.69. The number of hydrogen-bond donors (Lipinski definition) is 1. The number of sulfonamides is 1. The summed E-state index contributed by atoms with van der Waals surface area (Å²) < 4.78 is 24.2. The molecule has 25 heavy (non-hydrogen) atoms. The Labute approximate surface area is 145 Å². The van der Waals surface area contributed by atoms with Crippen LogP contribution < -0.4 is 9.62 Å². The Bertz CT molecular complexity index is 966. The van der Waals surface area contributed by atoms with Crippen molar-refractivity contribution in [3.63, 3.8) is 0 Å². The highest BCUT2D eigenvalue weighted by molar-refractivity contribution is 7.89. The van der Waals surface area contributed by atoms with Gasteiger partial charge in [0.1, 0.15) is 0 Å². The Morgan fingerprint density at radius 1 is 1.08 bits per heavy atom. The van der Waals surface area contributed by atoms with Gasteiger partial charge in [-0.2, -0.15) is 0 Å². The molecule has 6 nitrogen and oxygen atoms in total. The van der Waals surface area contributed by atoms with Crippen LogP contribution in [-0.2, 0) is 26.2 Å². The van der Waals surface area contributed by atoms with E-state index in [1.165, 1.54) is 0 Å². The predicted octanol–water partition coefficient (Wildman–Crippen LogP) is 1.69. The van der Waals surface area contributed by atoms with Crippen molar-refractivity contribution in [3.8, 4) is 0 Å². The summed E-state index contributed by atoms with van der Waals surface area (Å²) in [5, 5.41) is 0. The second-order valence-corrected chi connectivity index (χ2v) is 7.44. The second-order valence-electron chi connectivity index (χ2n) is 5.69. The van der Waals surface area contributed by atoms with Crippen molar-refractivity contribution in [2.45, 2.75) is 6.54 Å². The van der Waals surface area contributed by atoms with E-state index in [0.29, 0.717) is 17.8 Å². The zero-order valence-electron chi connectivity index (χ0n) is 13.5. The quantitative estimate of drug-likeness (QED) is 0.845. The predicted molar refractivity (Wildman–Crippen MR) is 95.0 cm³/mol. The van der Waals surface area contributed by atoms with Crippen molar-refractivity contribution in [1.82, 2.24) is 4.72 Å². The zero-order chi connectivity index (χ0) is 18.0. The molecule has 1 aliphatic heterocycles. The van der Waals surface area contributed by atoms with Gasteiger partial charge in [-0.1, -0.05) is 48.5 Å². The number of carbonyl (C=O) groups excluding carboxylic acids is 2. The Balaban J connectivity index is 1.97. The number of amides is 2. The summed E-state index contributed by atoms with van der Waals surface area (Å²) in [4.78, 5) is 26.3. The molecule has 0 aromatic heterocycles. The fraction of sp³-hybridized carbons (Fsp3) is 0.111. The molecule has 0 spiro atoms. The minimum Gasteiger partial charge on any atom is -0.303 e. The number of benzene rings is 2. The number of nitrogens with one attached hydrogen (secondary N) is 1. The molecule has 0 bridgehead atoms. The molecule has 7 heteroatoms. The summed E-state index contributed by atoms with van der Waals surface area (Å²) in [5.41, 5.74) is 2.42. The van der Waals surface area contributed by atoms with Gasteiger partial charge in [0.05, 0.1) is 24.1 Å². The number of carbonyl (C=O) groups is 2. The zero-order valence-corrected chi connectivity index (χ0v) is 14.3. The molecule has 1 aliphatic rings. The van der Waals surface area contributed by atoms with Crippen molar-refractivity contribution in [2.75, 3.05) is 11.2 Å². The monoisotopic (exact) mass is 356 g/mol. The molecule has 2 amide bonds. The molecular formula is C18H16N2O4S. The average Bonchev–Trinajstić information content (AvgIpc) is 2.80. The Kier molecular flexibility index (Phi) is 4.41. The molecule has 3 rings (SSSR count). The third-order valence-electron chi connectivity index (χ3n) is 3.71. The molecule has 0 unspecified atom stereocenters. The second kappa shape index (κ2) is 6.52. The minimum atomic E-state index is -3.69. The van der Waals surface area contributed by atoms with E-state index in [2.05, 4.69) is 0 Å².